The molecule has 0 fully saturated rings. The normalized spacial score (nSPS) is 11.4. The molecule has 0 bridgehead atoms. The predicted octanol–water partition coefficient (Wildman–Crippen LogP) is 1.29. The third-order valence-electron chi connectivity index (χ3n) is 3.32. The molecule has 0 amide bonds. The van der Waals surface area contributed by atoms with E-state index in [1.54, 1.807) is 31.2 Å². The Balaban J connectivity index is 0.00000192. The van der Waals surface area contributed by atoms with Crippen molar-refractivity contribution in [3.05, 3.63) is 42.0 Å². The van der Waals surface area contributed by atoms with Crippen LogP contribution in [0.2, 0.25) is 0 Å². The molecule has 3 aromatic rings. The Morgan fingerprint density at radius 2 is 1.70 bits per heavy atom. The van der Waals surface area contributed by atoms with Crippen LogP contribution in [0.4, 0.5) is 0 Å². The summed E-state index contributed by atoms with van der Waals surface area (Å²) >= 11 is 0. The first-order valence-corrected chi connectivity index (χ1v) is 8.00. The van der Waals surface area contributed by atoms with Gasteiger partial charge < -0.3 is 5.11 Å². The molecule has 2 aromatic carbocycles. The van der Waals surface area contributed by atoms with Crippen LogP contribution < -0.4 is 0 Å². The molecule has 1 aromatic heterocycles. The van der Waals surface area contributed by atoms with Crippen molar-refractivity contribution in [3.63, 3.8) is 0 Å². The minimum absolute atomic E-state index is 0. The van der Waals surface area contributed by atoms with Crippen LogP contribution in [-0.2, 0) is 16.5 Å². The van der Waals surface area contributed by atoms with Gasteiger partial charge in [0, 0.05) is 0 Å². The molecule has 0 saturated heterocycles. The van der Waals surface area contributed by atoms with Crippen molar-refractivity contribution >= 4 is 50.7 Å². The summed E-state index contributed by atoms with van der Waals surface area (Å²) < 4.78 is 32.0. The number of phenolic OH excluding ortho intramolecular Hbond substituents is 1. The summed E-state index contributed by atoms with van der Waals surface area (Å²) in [5, 5.41) is 18.7. The van der Waals surface area contributed by atoms with E-state index in [1.165, 1.54) is 6.07 Å². The average molecular weight is 343 g/mol. The van der Waals surface area contributed by atoms with Gasteiger partial charge in [0.1, 0.15) is 22.5 Å². The quantitative estimate of drug-likeness (QED) is 0.548. The van der Waals surface area contributed by atoms with E-state index in [9.17, 15) is 18.1 Å². The van der Waals surface area contributed by atoms with Gasteiger partial charge in [-0.15, -0.1) is 15.0 Å². The van der Waals surface area contributed by atoms with E-state index in [0.29, 0.717) is 23.0 Å². The summed E-state index contributed by atoms with van der Waals surface area (Å²) in [7, 11) is -4.39. The molecule has 0 radical (unpaired) electrons. The molecular weight excluding hydrogens is 329 g/mol. The van der Waals surface area contributed by atoms with Crippen molar-refractivity contribution < 1.29 is 18.1 Å². The summed E-state index contributed by atoms with van der Waals surface area (Å²) in [6, 6.07) is 9.48. The molecule has 7 nitrogen and oxygen atoms in total. The van der Waals surface area contributed by atoms with Gasteiger partial charge in [-0.25, -0.2) is 0 Å². The second-order valence-electron chi connectivity index (χ2n) is 4.76. The molecular formula is C14H14N3NaO4S. The van der Waals surface area contributed by atoms with E-state index in [4.69, 9.17) is 0 Å². The molecule has 3 rings (SSSR count). The Morgan fingerprint density at radius 3 is 2.17 bits per heavy atom. The van der Waals surface area contributed by atoms with E-state index in [2.05, 4.69) is 10.2 Å². The number of aryl methyl sites for hydroxylation is 1. The standard InChI is InChI=1S/C14H13N3O4S.Na.H/c1-2-9-7-10(22(19,20)21)8-13(14(9)18)17-15-11-5-3-4-6-12(11)16-17;;/h3-8,18H,2H2,1H3,(H,19,20,21);;. The maximum absolute atomic E-state index is 11.4. The molecule has 0 aliphatic heterocycles. The third-order valence-corrected chi connectivity index (χ3v) is 4.15. The van der Waals surface area contributed by atoms with Crippen LogP contribution in [0.5, 0.6) is 5.75 Å². The average Bonchev–Trinajstić information content (AvgIpc) is 2.89. The molecule has 0 atom stereocenters. The predicted molar refractivity (Wildman–Crippen MR) is 86.9 cm³/mol. The molecule has 0 unspecified atom stereocenters. The van der Waals surface area contributed by atoms with E-state index in [-0.39, 0.29) is 45.9 Å². The Hall–Kier alpha value is -1.45. The number of aromatic hydroxyl groups is 1. The summed E-state index contributed by atoms with van der Waals surface area (Å²) in [5.74, 6) is -0.116. The van der Waals surface area contributed by atoms with Gasteiger partial charge in [-0.05, 0) is 36.2 Å². The van der Waals surface area contributed by atoms with E-state index < -0.39 is 10.1 Å². The van der Waals surface area contributed by atoms with Gasteiger partial charge in [0.25, 0.3) is 10.1 Å². The van der Waals surface area contributed by atoms with Crippen LogP contribution >= 0.6 is 0 Å². The molecule has 23 heavy (non-hydrogen) atoms. The summed E-state index contributed by atoms with van der Waals surface area (Å²) in [4.78, 5) is 0.854. The SMILES string of the molecule is CCc1cc(S(=O)(=O)O)cc(-n2nc3ccccc3n2)c1O.[NaH]. The zero-order valence-corrected chi connectivity index (χ0v) is 12.4. The van der Waals surface area contributed by atoms with Crippen LogP contribution in [0, 0.1) is 0 Å². The Morgan fingerprint density at radius 1 is 1.13 bits per heavy atom. The van der Waals surface area contributed by atoms with Gasteiger partial charge >= 0.3 is 29.6 Å². The van der Waals surface area contributed by atoms with Crippen molar-refractivity contribution in [1.82, 2.24) is 15.0 Å². The zero-order chi connectivity index (χ0) is 15.9. The molecule has 1 heterocycles. The fourth-order valence-electron chi connectivity index (χ4n) is 2.19. The van der Waals surface area contributed by atoms with Crippen LogP contribution in [0.25, 0.3) is 16.7 Å². The third kappa shape index (κ3) is 3.41. The van der Waals surface area contributed by atoms with E-state index in [0.717, 1.165) is 10.9 Å². The number of rotatable bonds is 3. The van der Waals surface area contributed by atoms with Crippen LogP contribution in [-0.4, -0.2) is 62.6 Å². The van der Waals surface area contributed by atoms with Crippen molar-refractivity contribution in [2.45, 2.75) is 18.2 Å². The van der Waals surface area contributed by atoms with E-state index >= 15 is 0 Å². The van der Waals surface area contributed by atoms with Gasteiger partial charge in [0.15, 0.2) is 0 Å². The second kappa shape index (κ2) is 6.58. The second-order valence-corrected chi connectivity index (χ2v) is 6.18. The first-order valence-electron chi connectivity index (χ1n) is 6.56. The summed E-state index contributed by atoms with van der Waals surface area (Å²) in [6.45, 7) is 1.76. The molecule has 2 N–H and O–H groups in total. The van der Waals surface area contributed by atoms with Crippen molar-refractivity contribution in [1.29, 1.82) is 0 Å². The minimum atomic E-state index is -4.39. The number of fused-ring (bicyclic) bond motifs is 1. The van der Waals surface area contributed by atoms with Gasteiger partial charge in [0.2, 0.25) is 0 Å². The van der Waals surface area contributed by atoms with Crippen molar-refractivity contribution in [3.8, 4) is 11.4 Å². The first-order chi connectivity index (χ1) is 10.4. The van der Waals surface area contributed by atoms with Crippen LogP contribution in [0.15, 0.2) is 41.3 Å². The zero-order valence-electron chi connectivity index (χ0n) is 11.6. The van der Waals surface area contributed by atoms with Crippen LogP contribution in [0.1, 0.15) is 12.5 Å². The fraction of sp³-hybridized carbons (Fsp3) is 0.143. The van der Waals surface area contributed by atoms with Crippen molar-refractivity contribution in [2.75, 3.05) is 0 Å². The van der Waals surface area contributed by atoms with E-state index in [1.807, 2.05) is 0 Å². The molecule has 0 aliphatic rings. The maximum atomic E-state index is 11.4. The van der Waals surface area contributed by atoms with Gasteiger partial charge in [0.05, 0.1) is 4.90 Å². The molecule has 116 valence electrons. The Labute approximate surface area is 155 Å². The molecule has 0 spiro atoms. The van der Waals surface area contributed by atoms with Gasteiger partial charge in [-0.3, -0.25) is 4.55 Å². The van der Waals surface area contributed by atoms with Crippen molar-refractivity contribution in [2.24, 2.45) is 0 Å². The van der Waals surface area contributed by atoms with Crippen LogP contribution in [0.3, 0.4) is 0 Å². The number of nitrogens with zero attached hydrogens (tertiary/aromatic N) is 3. The fourth-order valence-corrected chi connectivity index (χ4v) is 2.74. The number of phenols is 1. The van der Waals surface area contributed by atoms with Gasteiger partial charge in [-0.1, -0.05) is 19.1 Å². The summed E-state index contributed by atoms with van der Waals surface area (Å²) in [5.41, 5.74) is 1.70. The summed E-state index contributed by atoms with van der Waals surface area (Å²) in [6.07, 6.45) is 0.392. The molecule has 0 saturated carbocycles. The Kier molecular flexibility index (Phi) is 5.12. The number of hydrogen-bond donors (Lipinski definition) is 2. The van der Waals surface area contributed by atoms with Gasteiger partial charge in [-0.2, -0.15) is 8.42 Å². The topological polar surface area (TPSA) is 105 Å². The molecule has 0 aliphatic carbocycles. The number of hydrogen-bond acceptors (Lipinski definition) is 5. The first kappa shape index (κ1) is 17.9. The number of aromatic nitrogens is 3. The molecule has 9 heteroatoms. The Bertz CT molecular complexity index is 936. The monoisotopic (exact) mass is 343 g/mol. The number of benzene rings is 2.